The molecule has 0 saturated carbocycles. The van der Waals surface area contributed by atoms with Crippen molar-refractivity contribution >= 4 is 49.9 Å². The lowest BCUT2D eigenvalue weighted by atomic mass is 10.2. The second kappa shape index (κ2) is 8.10. The van der Waals surface area contributed by atoms with Crippen molar-refractivity contribution in [1.82, 2.24) is 4.98 Å². The number of furan rings is 1. The second-order valence-corrected chi connectivity index (χ2v) is 8.37. The van der Waals surface area contributed by atoms with Gasteiger partial charge in [-0.3, -0.25) is 10.1 Å². The molecule has 1 N–H and O–H groups in total. The minimum absolute atomic E-state index is 0.221. The fourth-order valence-corrected chi connectivity index (χ4v) is 4.48. The predicted octanol–water partition coefficient (Wildman–Crippen LogP) is 5.30. The number of halogens is 1. The molecular weight excluding hydrogens is 422 g/mol. The average molecular weight is 440 g/mol. The molecule has 5 rings (SSSR count). The van der Waals surface area contributed by atoms with Crippen LogP contribution >= 0.6 is 22.9 Å². The lowest BCUT2D eigenvalue weighted by Gasteiger charge is -2.28. The zero-order chi connectivity index (χ0) is 20.5. The molecule has 1 saturated heterocycles. The first kappa shape index (κ1) is 19.1. The van der Waals surface area contributed by atoms with Gasteiger partial charge in [0, 0.05) is 29.4 Å². The highest BCUT2D eigenvalue weighted by Gasteiger charge is 2.16. The average Bonchev–Trinajstić information content (AvgIpc) is 3.41. The summed E-state index contributed by atoms with van der Waals surface area (Å²) in [6.45, 7) is 3.23. The molecule has 1 amide bonds. The Labute approximate surface area is 182 Å². The van der Waals surface area contributed by atoms with Gasteiger partial charge in [-0.2, -0.15) is 0 Å². The Morgan fingerprint density at radius 1 is 1.10 bits per heavy atom. The summed E-state index contributed by atoms with van der Waals surface area (Å²) in [5.41, 5.74) is 2.81. The first-order valence-corrected chi connectivity index (χ1v) is 10.8. The van der Waals surface area contributed by atoms with Crippen molar-refractivity contribution in [3.05, 3.63) is 65.4 Å². The minimum atomic E-state index is -0.337. The molecule has 0 atom stereocenters. The van der Waals surface area contributed by atoms with E-state index in [0.717, 1.165) is 47.8 Å². The summed E-state index contributed by atoms with van der Waals surface area (Å²) in [5, 5.41) is 3.99. The van der Waals surface area contributed by atoms with Crippen LogP contribution in [0.15, 0.2) is 59.0 Å². The molecule has 0 radical (unpaired) electrons. The van der Waals surface area contributed by atoms with Crippen LogP contribution in [0.3, 0.4) is 0 Å². The Morgan fingerprint density at radius 2 is 1.97 bits per heavy atom. The molecule has 0 spiro atoms. The van der Waals surface area contributed by atoms with Gasteiger partial charge < -0.3 is 14.1 Å². The maximum atomic E-state index is 12.6. The zero-order valence-electron chi connectivity index (χ0n) is 15.9. The van der Waals surface area contributed by atoms with Gasteiger partial charge in [0.15, 0.2) is 10.9 Å². The standard InChI is InChI=1S/C22H18ClN3O3S/c23-15-3-1-2-14(12-15)18-6-7-19(29-18)21(27)25-22-24-17-5-4-16(13-20(17)30-22)26-8-10-28-11-9-26/h1-7,12-13H,8-11H2,(H,24,25,27). The molecule has 2 aromatic heterocycles. The first-order valence-electron chi connectivity index (χ1n) is 9.56. The van der Waals surface area contributed by atoms with Crippen LogP contribution < -0.4 is 10.2 Å². The van der Waals surface area contributed by atoms with Crippen molar-refractivity contribution in [2.24, 2.45) is 0 Å². The monoisotopic (exact) mass is 439 g/mol. The second-order valence-electron chi connectivity index (χ2n) is 6.90. The van der Waals surface area contributed by atoms with E-state index in [1.165, 1.54) is 11.3 Å². The summed E-state index contributed by atoms with van der Waals surface area (Å²) in [6.07, 6.45) is 0. The highest BCUT2D eigenvalue weighted by Crippen LogP contribution is 2.31. The summed E-state index contributed by atoms with van der Waals surface area (Å²) in [5.74, 6) is 0.469. The molecule has 3 heterocycles. The number of aromatic nitrogens is 1. The molecular formula is C22H18ClN3O3S. The van der Waals surface area contributed by atoms with E-state index in [0.29, 0.717) is 15.9 Å². The number of benzene rings is 2. The molecule has 2 aromatic carbocycles. The number of fused-ring (bicyclic) bond motifs is 1. The van der Waals surface area contributed by atoms with Crippen LogP contribution in [-0.2, 0) is 4.74 Å². The molecule has 0 bridgehead atoms. The Kier molecular flexibility index (Phi) is 5.16. The van der Waals surface area contributed by atoms with Gasteiger partial charge in [0.25, 0.3) is 5.91 Å². The van der Waals surface area contributed by atoms with E-state index in [9.17, 15) is 4.79 Å². The number of nitrogens with one attached hydrogen (secondary N) is 1. The number of anilines is 2. The first-order chi connectivity index (χ1) is 14.7. The Morgan fingerprint density at radius 3 is 2.80 bits per heavy atom. The number of rotatable bonds is 4. The molecule has 152 valence electrons. The van der Waals surface area contributed by atoms with Crippen molar-refractivity contribution in [2.75, 3.05) is 36.5 Å². The molecule has 1 aliphatic heterocycles. The Bertz CT molecular complexity index is 1210. The lowest BCUT2D eigenvalue weighted by Crippen LogP contribution is -2.36. The van der Waals surface area contributed by atoms with Gasteiger partial charge >= 0.3 is 0 Å². The number of hydrogen-bond acceptors (Lipinski definition) is 6. The molecule has 0 aliphatic carbocycles. The van der Waals surface area contributed by atoms with E-state index in [-0.39, 0.29) is 11.7 Å². The fourth-order valence-electron chi connectivity index (χ4n) is 3.40. The van der Waals surface area contributed by atoms with Crippen LogP contribution in [0.25, 0.3) is 21.5 Å². The predicted molar refractivity (Wildman–Crippen MR) is 120 cm³/mol. The third-order valence-corrected chi connectivity index (χ3v) is 6.08. The number of morpholine rings is 1. The highest BCUT2D eigenvalue weighted by atomic mass is 35.5. The smallest absolute Gasteiger partial charge is 0.293 e. The number of thiazole rings is 1. The summed E-state index contributed by atoms with van der Waals surface area (Å²) < 4.78 is 12.2. The summed E-state index contributed by atoms with van der Waals surface area (Å²) in [4.78, 5) is 19.4. The van der Waals surface area contributed by atoms with Crippen molar-refractivity contribution < 1.29 is 13.9 Å². The molecule has 30 heavy (non-hydrogen) atoms. The van der Waals surface area contributed by atoms with Crippen molar-refractivity contribution in [1.29, 1.82) is 0 Å². The fraction of sp³-hybridized carbons (Fsp3) is 0.182. The zero-order valence-corrected chi connectivity index (χ0v) is 17.5. The molecule has 1 aliphatic rings. The molecule has 6 nitrogen and oxygen atoms in total. The number of amides is 1. The number of nitrogens with zero attached hydrogens (tertiary/aromatic N) is 2. The van der Waals surface area contributed by atoms with E-state index in [1.807, 2.05) is 18.2 Å². The quantitative estimate of drug-likeness (QED) is 0.467. The maximum absolute atomic E-state index is 12.6. The third kappa shape index (κ3) is 3.92. The number of carbonyl (C=O) groups is 1. The van der Waals surface area contributed by atoms with Crippen LogP contribution in [0.4, 0.5) is 10.8 Å². The van der Waals surface area contributed by atoms with E-state index in [4.69, 9.17) is 20.8 Å². The Balaban J connectivity index is 1.33. The van der Waals surface area contributed by atoms with E-state index in [2.05, 4.69) is 27.3 Å². The number of ether oxygens (including phenoxy) is 1. The van der Waals surface area contributed by atoms with E-state index >= 15 is 0 Å². The van der Waals surface area contributed by atoms with Crippen LogP contribution in [0, 0.1) is 0 Å². The SMILES string of the molecule is O=C(Nc1nc2ccc(N3CCOCC3)cc2s1)c1ccc(-c2cccc(Cl)c2)o1. The van der Waals surface area contributed by atoms with Gasteiger partial charge in [0.05, 0.1) is 23.4 Å². The van der Waals surface area contributed by atoms with Crippen LogP contribution in [0.5, 0.6) is 0 Å². The van der Waals surface area contributed by atoms with Crippen LogP contribution in [-0.4, -0.2) is 37.2 Å². The number of carbonyl (C=O) groups excluding carboxylic acids is 1. The summed E-state index contributed by atoms with van der Waals surface area (Å²) in [7, 11) is 0. The maximum Gasteiger partial charge on any atom is 0.293 e. The van der Waals surface area contributed by atoms with Gasteiger partial charge in [-0.15, -0.1) is 0 Å². The molecule has 8 heteroatoms. The van der Waals surface area contributed by atoms with Crippen LogP contribution in [0.2, 0.25) is 5.02 Å². The lowest BCUT2D eigenvalue weighted by molar-refractivity contribution is 0.0997. The van der Waals surface area contributed by atoms with Gasteiger partial charge in [-0.05, 0) is 42.5 Å². The minimum Gasteiger partial charge on any atom is -0.451 e. The number of hydrogen-bond donors (Lipinski definition) is 1. The van der Waals surface area contributed by atoms with Gasteiger partial charge in [0.1, 0.15) is 5.76 Å². The third-order valence-electron chi connectivity index (χ3n) is 4.91. The Hall–Kier alpha value is -2.87. The van der Waals surface area contributed by atoms with E-state index < -0.39 is 0 Å². The van der Waals surface area contributed by atoms with E-state index in [1.54, 1.807) is 24.3 Å². The van der Waals surface area contributed by atoms with Gasteiger partial charge in [0.2, 0.25) is 0 Å². The molecule has 0 unspecified atom stereocenters. The summed E-state index contributed by atoms with van der Waals surface area (Å²) >= 11 is 7.48. The van der Waals surface area contributed by atoms with Gasteiger partial charge in [-0.1, -0.05) is 35.1 Å². The van der Waals surface area contributed by atoms with Crippen LogP contribution in [0.1, 0.15) is 10.6 Å². The van der Waals surface area contributed by atoms with Crippen molar-refractivity contribution in [3.63, 3.8) is 0 Å². The molecule has 4 aromatic rings. The highest BCUT2D eigenvalue weighted by molar-refractivity contribution is 7.22. The van der Waals surface area contributed by atoms with Crippen molar-refractivity contribution in [2.45, 2.75) is 0 Å². The molecule has 1 fully saturated rings. The topological polar surface area (TPSA) is 67.6 Å². The largest absolute Gasteiger partial charge is 0.451 e. The summed E-state index contributed by atoms with van der Waals surface area (Å²) in [6, 6.07) is 16.9. The normalized spacial score (nSPS) is 14.2. The van der Waals surface area contributed by atoms with Gasteiger partial charge in [-0.25, -0.2) is 4.98 Å². The van der Waals surface area contributed by atoms with Crippen molar-refractivity contribution in [3.8, 4) is 11.3 Å².